The summed E-state index contributed by atoms with van der Waals surface area (Å²) in [5.74, 6) is 0.606. The van der Waals surface area contributed by atoms with E-state index in [1.165, 1.54) is 24.3 Å². The summed E-state index contributed by atoms with van der Waals surface area (Å²) in [6, 6.07) is 14.7. The number of ether oxygens (including phenoxy) is 2. The van der Waals surface area contributed by atoms with Crippen LogP contribution in [0.15, 0.2) is 54.6 Å². The molecule has 0 N–H and O–H groups in total. The molecule has 3 rings (SSSR count). The Labute approximate surface area is 153 Å². The van der Waals surface area contributed by atoms with Gasteiger partial charge in [0.1, 0.15) is 5.75 Å². The maximum Gasteiger partial charge on any atom is 0.515 e. The lowest BCUT2D eigenvalue weighted by Crippen LogP contribution is -2.19. The molecule has 27 heavy (non-hydrogen) atoms. The summed E-state index contributed by atoms with van der Waals surface area (Å²) < 4.78 is 10.1. The van der Waals surface area contributed by atoms with Crippen LogP contribution in [-0.2, 0) is 11.2 Å². The average Bonchev–Trinajstić information content (AvgIpc) is 3.11. The van der Waals surface area contributed by atoms with E-state index < -0.39 is 17.3 Å². The number of carbonyl (C=O) groups is 1. The number of benzene rings is 2. The molecule has 10 nitrogen and oxygen atoms in total. The van der Waals surface area contributed by atoms with E-state index in [0.29, 0.717) is 12.2 Å². The van der Waals surface area contributed by atoms with Crippen molar-refractivity contribution < 1.29 is 19.2 Å². The first-order chi connectivity index (χ1) is 13.0. The number of rotatable bonds is 6. The molecular weight excluding hydrogens is 354 g/mol. The molecule has 0 spiro atoms. The lowest BCUT2D eigenvalue weighted by molar-refractivity contribution is -0.384. The monoisotopic (exact) mass is 369 g/mol. The van der Waals surface area contributed by atoms with Gasteiger partial charge >= 0.3 is 6.16 Å². The van der Waals surface area contributed by atoms with Crippen LogP contribution in [0.4, 0.5) is 10.5 Å². The zero-order chi connectivity index (χ0) is 19.2. The highest BCUT2D eigenvalue weighted by molar-refractivity contribution is 5.64. The highest BCUT2D eigenvalue weighted by atomic mass is 16.7. The van der Waals surface area contributed by atoms with Crippen LogP contribution >= 0.6 is 0 Å². The molecule has 1 aromatic heterocycles. The summed E-state index contributed by atoms with van der Waals surface area (Å²) in [7, 11) is 0. The van der Waals surface area contributed by atoms with E-state index in [1.807, 2.05) is 30.3 Å². The average molecular weight is 369 g/mol. The number of hydrogen-bond acceptors (Lipinski definition) is 8. The number of non-ortho nitro benzene ring substituents is 1. The van der Waals surface area contributed by atoms with Crippen LogP contribution in [0, 0.1) is 10.1 Å². The minimum Gasteiger partial charge on any atom is -0.407 e. The predicted octanol–water partition coefficient (Wildman–Crippen LogP) is 2.91. The van der Waals surface area contributed by atoms with Crippen molar-refractivity contribution in [3.05, 3.63) is 76.1 Å². The number of nitro benzene ring substituents is 1. The zero-order valence-corrected chi connectivity index (χ0v) is 14.3. The fourth-order valence-corrected chi connectivity index (χ4v) is 2.20. The fourth-order valence-electron chi connectivity index (χ4n) is 2.20. The summed E-state index contributed by atoms with van der Waals surface area (Å²) in [5, 5.41) is 22.6. The summed E-state index contributed by atoms with van der Waals surface area (Å²) in [6.07, 6.45) is -1.33. The number of nitro groups is 1. The SMILES string of the molecule is CC(OC(=O)Oc1ccc([N+](=O)[O-])cc1)n1nnc(Cc2ccccc2)n1. The molecule has 1 heterocycles. The lowest BCUT2D eigenvalue weighted by atomic mass is 10.1. The topological polar surface area (TPSA) is 122 Å². The first-order valence-corrected chi connectivity index (χ1v) is 7.96. The Kier molecular flexibility index (Phi) is 5.36. The van der Waals surface area contributed by atoms with E-state index >= 15 is 0 Å². The van der Waals surface area contributed by atoms with Gasteiger partial charge in [0.25, 0.3) is 5.69 Å². The van der Waals surface area contributed by atoms with E-state index in [4.69, 9.17) is 9.47 Å². The van der Waals surface area contributed by atoms with E-state index in [9.17, 15) is 14.9 Å². The van der Waals surface area contributed by atoms with Gasteiger partial charge in [-0.15, -0.1) is 15.0 Å². The van der Waals surface area contributed by atoms with Gasteiger partial charge in [0.05, 0.1) is 4.92 Å². The van der Waals surface area contributed by atoms with E-state index in [0.717, 1.165) is 10.4 Å². The number of nitrogens with zero attached hydrogens (tertiary/aromatic N) is 5. The maximum absolute atomic E-state index is 11.8. The van der Waals surface area contributed by atoms with Gasteiger partial charge in [-0.2, -0.15) is 0 Å². The molecule has 2 aromatic carbocycles. The van der Waals surface area contributed by atoms with Crippen molar-refractivity contribution in [1.29, 1.82) is 0 Å². The van der Waals surface area contributed by atoms with Crippen LogP contribution < -0.4 is 4.74 Å². The van der Waals surface area contributed by atoms with Crippen molar-refractivity contribution in [2.24, 2.45) is 0 Å². The van der Waals surface area contributed by atoms with Crippen LogP contribution in [-0.4, -0.2) is 31.3 Å². The van der Waals surface area contributed by atoms with E-state index in [-0.39, 0.29) is 11.4 Å². The molecule has 0 aliphatic rings. The molecule has 3 aromatic rings. The summed E-state index contributed by atoms with van der Waals surface area (Å²) in [6.45, 7) is 1.56. The van der Waals surface area contributed by atoms with Gasteiger partial charge in [-0.3, -0.25) is 10.1 Å². The first kappa shape index (κ1) is 18.0. The minimum absolute atomic E-state index is 0.109. The first-order valence-electron chi connectivity index (χ1n) is 7.96. The lowest BCUT2D eigenvalue weighted by Gasteiger charge is -2.11. The smallest absolute Gasteiger partial charge is 0.407 e. The highest BCUT2D eigenvalue weighted by Crippen LogP contribution is 2.18. The fraction of sp³-hybridized carbons (Fsp3) is 0.176. The molecule has 0 aliphatic carbocycles. The summed E-state index contributed by atoms with van der Waals surface area (Å²) in [5.41, 5.74) is 0.921. The highest BCUT2D eigenvalue weighted by Gasteiger charge is 2.17. The van der Waals surface area contributed by atoms with Crippen molar-refractivity contribution in [1.82, 2.24) is 20.2 Å². The third-order valence-corrected chi connectivity index (χ3v) is 3.52. The number of carbonyl (C=O) groups excluding carboxylic acids is 1. The van der Waals surface area contributed by atoms with Crippen LogP contribution in [0.1, 0.15) is 24.5 Å². The third-order valence-electron chi connectivity index (χ3n) is 3.52. The van der Waals surface area contributed by atoms with E-state index in [1.54, 1.807) is 6.92 Å². The third kappa shape index (κ3) is 4.84. The Balaban J connectivity index is 1.56. The molecule has 0 saturated heterocycles. The Morgan fingerprint density at radius 2 is 1.89 bits per heavy atom. The zero-order valence-electron chi connectivity index (χ0n) is 14.3. The molecular formula is C17H15N5O5. The molecule has 0 fully saturated rings. The van der Waals surface area contributed by atoms with Gasteiger partial charge in [0.2, 0.25) is 6.23 Å². The largest absolute Gasteiger partial charge is 0.515 e. The predicted molar refractivity (Wildman–Crippen MR) is 92.0 cm³/mol. The van der Waals surface area contributed by atoms with Crippen LogP contribution in [0.5, 0.6) is 5.75 Å². The summed E-state index contributed by atoms with van der Waals surface area (Å²) >= 11 is 0. The molecule has 10 heteroatoms. The van der Waals surface area contributed by atoms with Gasteiger partial charge in [-0.1, -0.05) is 30.3 Å². The molecule has 1 unspecified atom stereocenters. The van der Waals surface area contributed by atoms with Crippen LogP contribution in [0.2, 0.25) is 0 Å². The molecule has 0 aliphatic heterocycles. The van der Waals surface area contributed by atoms with Crippen LogP contribution in [0.3, 0.4) is 0 Å². The second-order valence-electron chi connectivity index (χ2n) is 5.51. The maximum atomic E-state index is 11.8. The van der Waals surface area contributed by atoms with Gasteiger partial charge in [-0.25, -0.2) is 4.79 Å². The van der Waals surface area contributed by atoms with Gasteiger partial charge in [0, 0.05) is 18.6 Å². The molecule has 1 atom stereocenters. The van der Waals surface area contributed by atoms with Crippen molar-refractivity contribution in [2.45, 2.75) is 19.6 Å². The van der Waals surface area contributed by atoms with Gasteiger partial charge < -0.3 is 9.47 Å². The second kappa shape index (κ2) is 8.04. The Morgan fingerprint density at radius 1 is 1.19 bits per heavy atom. The van der Waals surface area contributed by atoms with Crippen molar-refractivity contribution in [3.63, 3.8) is 0 Å². The standard InChI is InChI=1S/C17H15N5O5/c1-12(21-19-16(18-20-21)11-13-5-3-2-4-6-13)26-17(23)27-15-9-7-14(8-10-15)22(24)25/h2-10,12H,11H2,1H3. The van der Waals surface area contributed by atoms with E-state index in [2.05, 4.69) is 15.4 Å². The second-order valence-corrected chi connectivity index (χ2v) is 5.51. The van der Waals surface area contributed by atoms with Gasteiger partial charge in [-0.05, 0) is 29.8 Å². The Hall–Kier alpha value is -3.82. The Bertz CT molecular complexity index is 926. The molecule has 0 bridgehead atoms. The van der Waals surface area contributed by atoms with Crippen molar-refractivity contribution in [2.75, 3.05) is 0 Å². The van der Waals surface area contributed by atoms with Crippen molar-refractivity contribution in [3.8, 4) is 5.75 Å². The van der Waals surface area contributed by atoms with Gasteiger partial charge in [0.15, 0.2) is 5.82 Å². The van der Waals surface area contributed by atoms with Crippen LogP contribution in [0.25, 0.3) is 0 Å². The molecule has 138 valence electrons. The number of hydrogen-bond donors (Lipinski definition) is 0. The normalized spacial score (nSPS) is 11.6. The Morgan fingerprint density at radius 3 is 2.56 bits per heavy atom. The quantitative estimate of drug-likeness (QED) is 0.281. The summed E-state index contributed by atoms with van der Waals surface area (Å²) in [4.78, 5) is 23.1. The number of aromatic nitrogens is 4. The van der Waals surface area contributed by atoms with Crippen molar-refractivity contribution >= 4 is 11.8 Å². The minimum atomic E-state index is -0.988. The molecule has 0 radical (unpaired) electrons. The molecule has 0 amide bonds. The molecule has 0 saturated carbocycles. The number of tetrazole rings is 1.